The molecule has 1 unspecified atom stereocenters. The Bertz CT molecular complexity index is 476. The zero-order valence-electron chi connectivity index (χ0n) is 10.4. The minimum absolute atomic E-state index is 0.340. The summed E-state index contributed by atoms with van der Waals surface area (Å²) in [5, 5.41) is 7.91. The number of thiazole rings is 2. The van der Waals surface area contributed by atoms with Gasteiger partial charge >= 0.3 is 0 Å². The van der Waals surface area contributed by atoms with Crippen molar-refractivity contribution in [1.29, 1.82) is 0 Å². The first kappa shape index (κ1) is 12.7. The second kappa shape index (κ2) is 5.71. The van der Waals surface area contributed by atoms with Crippen molar-refractivity contribution in [2.45, 2.75) is 33.2 Å². The highest BCUT2D eigenvalue weighted by atomic mass is 32.1. The number of aromatic nitrogens is 2. The van der Waals surface area contributed by atoms with Gasteiger partial charge in [-0.15, -0.1) is 22.7 Å². The molecule has 2 aromatic rings. The van der Waals surface area contributed by atoms with E-state index in [0.29, 0.717) is 6.04 Å². The molecule has 2 rings (SSSR count). The summed E-state index contributed by atoms with van der Waals surface area (Å²) in [6.07, 6.45) is 2.92. The van der Waals surface area contributed by atoms with E-state index >= 15 is 0 Å². The molecule has 0 saturated carbocycles. The van der Waals surface area contributed by atoms with Crippen LogP contribution in [0.5, 0.6) is 0 Å². The molecule has 0 bridgehead atoms. The van der Waals surface area contributed by atoms with Gasteiger partial charge in [-0.1, -0.05) is 6.92 Å². The van der Waals surface area contributed by atoms with Crippen molar-refractivity contribution in [3.8, 4) is 0 Å². The summed E-state index contributed by atoms with van der Waals surface area (Å²) in [6, 6.07) is 0.340. The number of hydrogen-bond donors (Lipinski definition) is 1. The second-order valence-corrected chi connectivity index (χ2v) is 6.28. The molecular formula is C12H17N3S2. The highest BCUT2D eigenvalue weighted by Crippen LogP contribution is 2.24. The lowest BCUT2D eigenvalue weighted by Crippen LogP contribution is -2.22. The van der Waals surface area contributed by atoms with Crippen LogP contribution < -0.4 is 5.32 Å². The van der Waals surface area contributed by atoms with Crippen LogP contribution in [0.1, 0.15) is 33.6 Å². The third-order valence-electron chi connectivity index (χ3n) is 2.51. The van der Waals surface area contributed by atoms with Gasteiger partial charge in [-0.2, -0.15) is 0 Å². The maximum Gasteiger partial charge on any atom is 0.0897 e. The molecule has 2 heterocycles. The fourth-order valence-electron chi connectivity index (χ4n) is 1.77. The predicted molar refractivity (Wildman–Crippen MR) is 73.8 cm³/mol. The minimum atomic E-state index is 0.340. The van der Waals surface area contributed by atoms with Gasteiger partial charge in [0.2, 0.25) is 0 Å². The maximum absolute atomic E-state index is 4.53. The van der Waals surface area contributed by atoms with Gasteiger partial charge in [0.1, 0.15) is 0 Å². The van der Waals surface area contributed by atoms with Crippen LogP contribution in [0.25, 0.3) is 0 Å². The van der Waals surface area contributed by atoms with Gasteiger partial charge < -0.3 is 5.32 Å². The number of hydrogen-bond acceptors (Lipinski definition) is 5. The summed E-state index contributed by atoms with van der Waals surface area (Å²) in [6.45, 7) is 7.19. The molecule has 2 aromatic heterocycles. The quantitative estimate of drug-likeness (QED) is 0.904. The lowest BCUT2D eigenvalue weighted by Gasteiger charge is -2.14. The average Bonchev–Trinajstić information content (AvgIpc) is 2.87. The maximum atomic E-state index is 4.53. The largest absolute Gasteiger partial charge is 0.309 e. The Morgan fingerprint density at radius 3 is 2.71 bits per heavy atom. The van der Waals surface area contributed by atoms with Crippen LogP contribution in [0, 0.1) is 13.8 Å². The van der Waals surface area contributed by atoms with E-state index in [1.54, 1.807) is 22.7 Å². The van der Waals surface area contributed by atoms with E-state index in [2.05, 4.69) is 27.6 Å². The van der Waals surface area contributed by atoms with E-state index in [0.717, 1.165) is 23.0 Å². The van der Waals surface area contributed by atoms with Gasteiger partial charge in [-0.05, 0) is 20.4 Å². The van der Waals surface area contributed by atoms with E-state index in [1.165, 1.54) is 10.6 Å². The highest BCUT2D eigenvalue weighted by molar-refractivity contribution is 7.11. The Kier molecular flexibility index (Phi) is 4.25. The summed E-state index contributed by atoms with van der Waals surface area (Å²) in [7, 11) is 0. The van der Waals surface area contributed by atoms with Crippen molar-refractivity contribution in [2.24, 2.45) is 0 Å². The van der Waals surface area contributed by atoms with Crippen molar-refractivity contribution >= 4 is 22.7 Å². The van der Waals surface area contributed by atoms with Gasteiger partial charge in [0.25, 0.3) is 0 Å². The van der Waals surface area contributed by atoms with Gasteiger partial charge in [-0.25, -0.2) is 9.97 Å². The van der Waals surface area contributed by atoms with Gasteiger partial charge in [0.05, 0.1) is 15.7 Å². The Morgan fingerprint density at radius 1 is 1.35 bits per heavy atom. The molecule has 0 aliphatic carbocycles. The lowest BCUT2D eigenvalue weighted by atomic mass is 10.1. The van der Waals surface area contributed by atoms with Crippen LogP contribution in [-0.2, 0) is 6.42 Å². The third kappa shape index (κ3) is 3.34. The molecule has 92 valence electrons. The monoisotopic (exact) mass is 267 g/mol. The van der Waals surface area contributed by atoms with E-state index in [-0.39, 0.29) is 0 Å². The molecule has 0 amide bonds. The summed E-state index contributed by atoms with van der Waals surface area (Å²) < 4.78 is 0. The van der Waals surface area contributed by atoms with E-state index in [1.807, 2.05) is 20.0 Å². The molecular weight excluding hydrogens is 250 g/mol. The lowest BCUT2D eigenvalue weighted by molar-refractivity contribution is 0.552. The third-order valence-corrected chi connectivity index (χ3v) is 4.36. The average molecular weight is 267 g/mol. The van der Waals surface area contributed by atoms with Crippen molar-refractivity contribution in [3.63, 3.8) is 0 Å². The molecule has 0 saturated heterocycles. The zero-order valence-corrected chi connectivity index (χ0v) is 12.0. The molecule has 5 heteroatoms. The Hall–Kier alpha value is -0.780. The topological polar surface area (TPSA) is 37.8 Å². The summed E-state index contributed by atoms with van der Waals surface area (Å²) in [5.74, 6) is 0. The zero-order chi connectivity index (χ0) is 12.3. The van der Waals surface area contributed by atoms with Crippen LogP contribution in [0.15, 0.2) is 11.6 Å². The number of nitrogens with one attached hydrogen (secondary N) is 1. The molecule has 0 aliphatic heterocycles. The molecule has 1 atom stereocenters. The second-order valence-electron chi connectivity index (χ2n) is 3.95. The van der Waals surface area contributed by atoms with E-state index < -0.39 is 0 Å². The normalized spacial score (nSPS) is 12.9. The summed E-state index contributed by atoms with van der Waals surface area (Å²) >= 11 is 3.48. The van der Waals surface area contributed by atoms with Crippen LogP contribution in [0.4, 0.5) is 0 Å². The van der Waals surface area contributed by atoms with Crippen molar-refractivity contribution in [3.05, 3.63) is 32.2 Å². The summed E-state index contributed by atoms with van der Waals surface area (Å²) in [5.41, 5.74) is 1.17. The Labute approximate surface area is 110 Å². The smallest absolute Gasteiger partial charge is 0.0897 e. The SMILES string of the molecule is CCNC(Cc1csc(C)n1)c1cnc(C)s1. The number of nitrogens with zero attached hydrogens (tertiary/aromatic N) is 2. The Morgan fingerprint density at radius 2 is 2.18 bits per heavy atom. The van der Waals surface area contributed by atoms with Crippen LogP contribution in [0.2, 0.25) is 0 Å². The predicted octanol–water partition coefficient (Wildman–Crippen LogP) is 3.11. The molecule has 3 nitrogen and oxygen atoms in total. The van der Waals surface area contributed by atoms with Crippen LogP contribution in [0.3, 0.4) is 0 Å². The van der Waals surface area contributed by atoms with Gasteiger partial charge in [-0.3, -0.25) is 0 Å². The fourth-order valence-corrected chi connectivity index (χ4v) is 3.26. The fraction of sp³-hybridized carbons (Fsp3) is 0.500. The van der Waals surface area contributed by atoms with Gasteiger partial charge in [0, 0.05) is 28.9 Å². The first-order valence-electron chi connectivity index (χ1n) is 5.75. The van der Waals surface area contributed by atoms with Crippen molar-refractivity contribution < 1.29 is 0 Å². The van der Waals surface area contributed by atoms with E-state index in [9.17, 15) is 0 Å². The molecule has 0 fully saturated rings. The highest BCUT2D eigenvalue weighted by Gasteiger charge is 2.15. The molecule has 0 aliphatic rings. The standard InChI is InChI=1S/C12H17N3S2/c1-4-13-11(12-6-14-8(2)17-12)5-10-7-16-9(3)15-10/h6-7,11,13H,4-5H2,1-3H3. The molecule has 0 spiro atoms. The molecule has 0 aromatic carbocycles. The first-order chi connectivity index (χ1) is 8.19. The van der Waals surface area contributed by atoms with Crippen LogP contribution >= 0.6 is 22.7 Å². The molecule has 17 heavy (non-hydrogen) atoms. The van der Waals surface area contributed by atoms with Gasteiger partial charge in [0.15, 0.2) is 0 Å². The number of aryl methyl sites for hydroxylation is 2. The van der Waals surface area contributed by atoms with E-state index in [4.69, 9.17) is 0 Å². The molecule has 0 radical (unpaired) electrons. The number of likely N-dealkylation sites (N-methyl/N-ethyl adjacent to an activating group) is 1. The number of rotatable bonds is 5. The molecule has 1 N–H and O–H groups in total. The van der Waals surface area contributed by atoms with Crippen molar-refractivity contribution in [2.75, 3.05) is 6.54 Å². The first-order valence-corrected chi connectivity index (χ1v) is 7.45. The minimum Gasteiger partial charge on any atom is -0.309 e. The Balaban J connectivity index is 2.12. The van der Waals surface area contributed by atoms with Crippen LogP contribution in [-0.4, -0.2) is 16.5 Å². The van der Waals surface area contributed by atoms with Crippen molar-refractivity contribution in [1.82, 2.24) is 15.3 Å². The summed E-state index contributed by atoms with van der Waals surface area (Å²) in [4.78, 5) is 10.2.